The Balaban J connectivity index is 0.000000153. The van der Waals surface area contributed by atoms with Crippen LogP contribution < -0.4 is 19.6 Å². The van der Waals surface area contributed by atoms with E-state index < -0.39 is 0 Å². The van der Waals surface area contributed by atoms with Crippen molar-refractivity contribution in [1.29, 1.82) is 0 Å². The summed E-state index contributed by atoms with van der Waals surface area (Å²) in [5.41, 5.74) is 31.2. The van der Waals surface area contributed by atoms with Crippen LogP contribution in [0.3, 0.4) is 0 Å². The SMILES string of the molecule is Cc1cccc(C(c2ccccc2)c2ccc(N(c3ccc(N(c4ccccc4)c4cccc(C)c4)cc3)c3ccc(N(c4ccccc4)c4cccc(C)c4)cc3)cc2)c1.c1ccc2c(c1)c1ccccc1n2-c1ccc(N(c2ccc(-n3c4ccccc4c4ccccc43)cc2)c2ccc(-n3c4ccccc4c4ccccc43)cc2)cc1. The zero-order valence-electron chi connectivity index (χ0n) is 66.5. The molecule has 3 aromatic heterocycles. The molecular formula is C112H85N7. The number of para-hydroxylation sites is 8. The maximum absolute atomic E-state index is 2.37. The smallest absolute Gasteiger partial charge is 0.0541 e. The van der Waals surface area contributed by atoms with Crippen LogP contribution in [-0.2, 0) is 0 Å². The fourth-order valence-electron chi connectivity index (χ4n) is 17.7. The van der Waals surface area contributed by atoms with Crippen LogP contribution in [0, 0.1) is 20.8 Å². The summed E-state index contributed by atoms with van der Waals surface area (Å²) in [4.78, 5) is 9.37. The fraction of sp³-hybridized carbons (Fsp3) is 0.0357. The second-order valence-electron chi connectivity index (χ2n) is 30.7. The zero-order valence-corrected chi connectivity index (χ0v) is 66.5. The summed E-state index contributed by atoms with van der Waals surface area (Å²) in [5.74, 6) is 0.110. The highest BCUT2D eigenvalue weighted by Crippen LogP contribution is 2.46. The molecule has 568 valence electrons. The van der Waals surface area contributed by atoms with Crippen molar-refractivity contribution in [2.24, 2.45) is 0 Å². The number of rotatable bonds is 18. The summed E-state index contributed by atoms with van der Waals surface area (Å²) in [7, 11) is 0. The van der Waals surface area contributed by atoms with Gasteiger partial charge in [-0.15, -0.1) is 0 Å². The highest BCUT2D eigenvalue weighted by atomic mass is 15.2. The quantitative estimate of drug-likeness (QED) is 0.0801. The number of aryl methyl sites for hydroxylation is 3. The monoisotopic (exact) mass is 1530 g/mol. The summed E-state index contributed by atoms with van der Waals surface area (Å²) in [6.45, 7) is 6.46. The molecule has 0 fully saturated rings. The summed E-state index contributed by atoms with van der Waals surface area (Å²) in [5, 5.41) is 7.56. The third-order valence-electron chi connectivity index (χ3n) is 23.1. The minimum Gasteiger partial charge on any atom is -0.311 e. The first-order valence-corrected chi connectivity index (χ1v) is 40.9. The Hall–Kier alpha value is -15.4. The lowest BCUT2D eigenvalue weighted by molar-refractivity contribution is 0.974. The highest BCUT2D eigenvalue weighted by molar-refractivity contribution is 6.11. The van der Waals surface area contributed by atoms with Crippen LogP contribution in [0.25, 0.3) is 82.5 Å². The minimum atomic E-state index is 0.110. The van der Waals surface area contributed by atoms with Crippen molar-refractivity contribution in [1.82, 2.24) is 13.7 Å². The molecule has 3 heterocycles. The van der Waals surface area contributed by atoms with E-state index in [2.05, 4.69) is 509 Å². The number of nitrogens with zero attached hydrogens (tertiary/aromatic N) is 7. The van der Waals surface area contributed by atoms with Gasteiger partial charge < -0.3 is 33.3 Å². The molecule has 0 saturated heterocycles. The van der Waals surface area contributed by atoms with Crippen LogP contribution in [0.2, 0.25) is 0 Å². The molecule has 0 N–H and O–H groups in total. The van der Waals surface area contributed by atoms with E-state index in [1.165, 1.54) is 98.8 Å². The molecule has 0 saturated carbocycles. The average molecular weight is 1530 g/mol. The maximum atomic E-state index is 2.37. The topological polar surface area (TPSA) is 27.8 Å². The molecule has 0 aliphatic rings. The molecule has 0 bridgehead atoms. The van der Waals surface area contributed by atoms with Gasteiger partial charge in [-0.1, -0.05) is 242 Å². The lowest BCUT2D eigenvalue weighted by Gasteiger charge is -2.30. The summed E-state index contributed by atoms with van der Waals surface area (Å²) in [6, 6.07) is 164. The van der Waals surface area contributed by atoms with Crippen molar-refractivity contribution < 1.29 is 0 Å². The van der Waals surface area contributed by atoms with E-state index in [4.69, 9.17) is 0 Å². The van der Waals surface area contributed by atoms with Crippen LogP contribution in [-0.4, -0.2) is 13.7 Å². The van der Waals surface area contributed by atoms with Crippen molar-refractivity contribution in [3.05, 3.63) is 488 Å². The lowest BCUT2D eigenvalue weighted by Crippen LogP contribution is -2.13. The Labute approximate surface area is 694 Å². The van der Waals surface area contributed by atoms with Gasteiger partial charge in [0.1, 0.15) is 0 Å². The largest absolute Gasteiger partial charge is 0.311 e. The van der Waals surface area contributed by atoms with Crippen molar-refractivity contribution in [2.45, 2.75) is 26.7 Å². The van der Waals surface area contributed by atoms with Gasteiger partial charge in [-0.2, -0.15) is 0 Å². The zero-order chi connectivity index (χ0) is 79.7. The number of benzene rings is 18. The molecule has 119 heavy (non-hydrogen) atoms. The Morgan fingerprint density at radius 2 is 0.361 bits per heavy atom. The number of fused-ring (bicyclic) bond motifs is 9. The maximum Gasteiger partial charge on any atom is 0.0541 e. The first-order valence-electron chi connectivity index (χ1n) is 40.9. The van der Waals surface area contributed by atoms with Crippen LogP contribution in [0.5, 0.6) is 0 Å². The Morgan fingerprint density at radius 3 is 0.647 bits per heavy atom. The fourth-order valence-corrected chi connectivity index (χ4v) is 17.7. The lowest BCUT2D eigenvalue weighted by atomic mass is 9.84. The van der Waals surface area contributed by atoms with E-state index in [1.807, 2.05) is 0 Å². The van der Waals surface area contributed by atoms with Gasteiger partial charge in [0.15, 0.2) is 0 Å². The number of aromatic nitrogens is 3. The number of anilines is 12. The summed E-state index contributed by atoms with van der Waals surface area (Å²) >= 11 is 0. The van der Waals surface area contributed by atoms with Gasteiger partial charge in [-0.25, -0.2) is 0 Å². The third-order valence-corrected chi connectivity index (χ3v) is 23.1. The average Bonchev–Trinajstić information content (AvgIpc) is 1.58. The van der Waals surface area contributed by atoms with Crippen molar-refractivity contribution in [2.75, 3.05) is 19.6 Å². The van der Waals surface area contributed by atoms with E-state index in [9.17, 15) is 0 Å². The molecule has 0 radical (unpaired) electrons. The van der Waals surface area contributed by atoms with Crippen LogP contribution >= 0.6 is 0 Å². The van der Waals surface area contributed by atoms with E-state index in [-0.39, 0.29) is 5.92 Å². The number of hydrogen-bond acceptors (Lipinski definition) is 4. The predicted octanol–water partition coefficient (Wildman–Crippen LogP) is 30.6. The second kappa shape index (κ2) is 31.7. The Morgan fingerprint density at radius 1 is 0.160 bits per heavy atom. The molecule has 0 aliphatic carbocycles. The van der Waals surface area contributed by atoms with Crippen molar-refractivity contribution >= 4 is 134 Å². The normalized spacial score (nSPS) is 11.6. The second-order valence-corrected chi connectivity index (χ2v) is 30.7. The van der Waals surface area contributed by atoms with Crippen molar-refractivity contribution in [3.8, 4) is 17.1 Å². The third kappa shape index (κ3) is 14.0. The Kier molecular flexibility index (Phi) is 19.3. The van der Waals surface area contributed by atoms with E-state index in [0.717, 1.165) is 85.3 Å². The van der Waals surface area contributed by atoms with E-state index in [1.54, 1.807) is 0 Å². The molecule has 21 rings (SSSR count). The molecule has 1 atom stereocenters. The molecular weight excluding hydrogens is 1440 g/mol. The van der Waals surface area contributed by atoms with Crippen LogP contribution in [0.4, 0.5) is 68.2 Å². The molecule has 0 amide bonds. The van der Waals surface area contributed by atoms with Gasteiger partial charge in [0.25, 0.3) is 0 Å². The molecule has 18 aromatic carbocycles. The summed E-state index contributed by atoms with van der Waals surface area (Å²) in [6.07, 6.45) is 0. The highest BCUT2D eigenvalue weighted by Gasteiger charge is 2.24. The minimum absolute atomic E-state index is 0.110. The van der Waals surface area contributed by atoms with Gasteiger partial charge in [0.05, 0.1) is 33.1 Å². The first kappa shape index (κ1) is 72.5. The standard InChI is InChI=1S/C58H49N3.C54H36N4/c1-43-16-13-21-48(40-43)58(46-19-7-4-8-20-46)47-28-30-51(31-29-47)59(52-32-36-54(37-33-52)60(49-22-9-5-10-23-49)56-26-14-17-44(2)41-56)53-34-38-55(39-35-53)61(50-24-11-6-12-25-50)57-27-15-18-45(3)42-57;1-7-19-49-43(13-1)44-14-2-8-20-50(44)56(49)40-31-25-37(26-32-40)55(38-27-33-41(34-28-38)57-51-21-9-3-15-45(51)46-16-4-10-22-52(46)57)39-29-35-42(36-30-39)58-53-23-11-5-17-47(53)48-18-6-12-24-54(48)58/h4-42,58H,1-3H3;1-36H. The molecule has 21 aromatic rings. The molecule has 0 spiro atoms. The molecule has 0 aliphatic heterocycles. The molecule has 7 nitrogen and oxygen atoms in total. The molecule has 1 unspecified atom stereocenters. The van der Waals surface area contributed by atoms with E-state index in [0.29, 0.717) is 0 Å². The van der Waals surface area contributed by atoms with Gasteiger partial charge >= 0.3 is 0 Å². The number of hydrogen-bond donors (Lipinski definition) is 0. The van der Waals surface area contributed by atoms with Crippen LogP contribution in [0.15, 0.2) is 455 Å². The van der Waals surface area contributed by atoms with Gasteiger partial charge in [0.2, 0.25) is 0 Å². The van der Waals surface area contributed by atoms with Crippen molar-refractivity contribution in [3.63, 3.8) is 0 Å². The first-order chi connectivity index (χ1) is 58.8. The predicted molar refractivity (Wildman–Crippen MR) is 503 cm³/mol. The Bertz CT molecular complexity index is 6330. The van der Waals surface area contributed by atoms with E-state index >= 15 is 0 Å². The molecule has 7 heteroatoms. The van der Waals surface area contributed by atoms with Crippen LogP contribution in [0.1, 0.15) is 39.3 Å². The summed E-state index contributed by atoms with van der Waals surface area (Å²) < 4.78 is 7.12. The van der Waals surface area contributed by atoms with Gasteiger partial charge in [-0.05, 0) is 267 Å². The van der Waals surface area contributed by atoms with Gasteiger partial charge in [0, 0.05) is 124 Å². The van der Waals surface area contributed by atoms with Gasteiger partial charge in [-0.3, -0.25) is 0 Å².